The maximum Gasteiger partial charge on any atom is 0.0476 e. The van der Waals surface area contributed by atoms with Crippen LogP contribution in [-0.2, 0) is 4.74 Å². The van der Waals surface area contributed by atoms with E-state index >= 15 is 0 Å². The molecule has 88 valence electrons. The molecule has 0 aromatic heterocycles. The highest BCUT2D eigenvalue weighted by molar-refractivity contribution is 8.00. The molecule has 3 heteroatoms. The lowest BCUT2D eigenvalue weighted by Gasteiger charge is -2.28. The first kappa shape index (κ1) is 11.7. The van der Waals surface area contributed by atoms with Crippen LogP contribution in [0.2, 0.25) is 0 Å². The van der Waals surface area contributed by atoms with Gasteiger partial charge in [-0.2, -0.15) is 11.8 Å². The lowest BCUT2D eigenvalue weighted by Crippen LogP contribution is -2.33. The van der Waals surface area contributed by atoms with Gasteiger partial charge in [0, 0.05) is 29.8 Å². The molecule has 0 aromatic carbocycles. The summed E-state index contributed by atoms with van der Waals surface area (Å²) in [4.78, 5) is 0. The van der Waals surface area contributed by atoms with Crippen LogP contribution in [-0.4, -0.2) is 29.8 Å². The van der Waals surface area contributed by atoms with E-state index in [1.807, 2.05) is 0 Å². The van der Waals surface area contributed by atoms with E-state index < -0.39 is 0 Å². The van der Waals surface area contributed by atoms with Crippen molar-refractivity contribution in [2.45, 2.75) is 61.5 Å². The highest BCUT2D eigenvalue weighted by Crippen LogP contribution is 2.33. The fourth-order valence-electron chi connectivity index (χ4n) is 2.53. The first-order valence-corrected chi connectivity index (χ1v) is 7.29. The first-order chi connectivity index (χ1) is 7.36. The molecular formula is C12H23NOS. The molecule has 1 saturated heterocycles. The minimum Gasteiger partial charge on any atom is -0.381 e. The number of hydrogen-bond donors (Lipinski definition) is 1. The highest BCUT2D eigenvalue weighted by Gasteiger charge is 2.25. The molecule has 0 bridgehead atoms. The van der Waals surface area contributed by atoms with Crippen molar-refractivity contribution in [3.8, 4) is 0 Å². The Morgan fingerprint density at radius 1 is 0.933 bits per heavy atom. The molecule has 0 radical (unpaired) electrons. The van der Waals surface area contributed by atoms with E-state index in [1.54, 1.807) is 0 Å². The van der Waals surface area contributed by atoms with Crippen LogP contribution in [0.25, 0.3) is 0 Å². The minimum atomic E-state index is 0.445. The zero-order chi connectivity index (χ0) is 10.5. The second-order valence-corrected chi connectivity index (χ2v) is 6.33. The summed E-state index contributed by atoms with van der Waals surface area (Å²) in [5.74, 6) is 0. The van der Waals surface area contributed by atoms with Gasteiger partial charge in [-0.1, -0.05) is 19.3 Å². The van der Waals surface area contributed by atoms with Gasteiger partial charge in [0.2, 0.25) is 0 Å². The Labute approximate surface area is 97.3 Å². The van der Waals surface area contributed by atoms with Crippen molar-refractivity contribution >= 4 is 11.8 Å². The molecule has 1 heterocycles. The number of rotatable bonds is 2. The summed E-state index contributed by atoms with van der Waals surface area (Å²) in [6.07, 6.45) is 9.14. The number of hydrogen-bond acceptors (Lipinski definition) is 3. The van der Waals surface area contributed by atoms with Crippen LogP contribution in [0.15, 0.2) is 0 Å². The number of nitrogens with two attached hydrogens (primary N) is 1. The van der Waals surface area contributed by atoms with Crippen molar-refractivity contribution in [2.75, 3.05) is 13.2 Å². The van der Waals surface area contributed by atoms with Gasteiger partial charge in [-0.3, -0.25) is 0 Å². The van der Waals surface area contributed by atoms with Gasteiger partial charge in [-0.05, 0) is 25.7 Å². The fourth-order valence-corrected chi connectivity index (χ4v) is 4.13. The maximum atomic E-state index is 6.24. The van der Waals surface area contributed by atoms with Crippen LogP contribution in [0.1, 0.15) is 44.9 Å². The number of ether oxygens (including phenoxy) is 1. The molecule has 2 fully saturated rings. The van der Waals surface area contributed by atoms with Crippen LogP contribution in [0.5, 0.6) is 0 Å². The van der Waals surface area contributed by atoms with E-state index in [4.69, 9.17) is 10.5 Å². The van der Waals surface area contributed by atoms with Crippen LogP contribution < -0.4 is 5.73 Å². The van der Waals surface area contributed by atoms with Gasteiger partial charge >= 0.3 is 0 Å². The zero-order valence-electron chi connectivity index (χ0n) is 9.49. The summed E-state index contributed by atoms with van der Waals surface area (Å²) >= 11 is 2.16. The molecule has 2 rings (SSSR count). The average Bonchev–Trinajstić information content (AvgIpc) is 2.46. The second-order valence-electron chi connectivity index (χ2n) is 4.79. The Balaban J connectivity index is 1.79. The molecule has 1 aliphatic carbocycles. The van der Waals surface area contributed by atoms with Crippen LogP contribution in [0.4, 0.5) is 0 Å². The molecule has 1 saturated carbocycles. The summed E-state index contributed by atoms with van der Waals surface area (Å²) < 4.78 is 5.40. The van der Waals surface area contributed by atoms with E-state index in [9.17, 15) is 0 Å². The van der Waals surface area contributed by atoms with E-state index in [0.29, 0.717) is 6.04 Å². The second kappa shape index (κ2) is 6.12. The molecule has 0 amide bonds. The van der Waals surface area contributed by atoms with Crippen molar-refractivity contribution in [2.24, 2.45) is 5.73 Å². The fraction of sp³-hybridized carbons (Fsp3) is 1.00. The SMILES string of the molecule is NC1CCCCCC1SC1CCOCC1. The molecule has 1 aliphatic heterocycles. The summed E-state index contributed by atoms with van der Waals surface area (Å²) in [5, 5.41) is 1.53. The predicted molar refractivity (Wildman–Crippen MR) is 66.3 cm³/mol. The molecule has 0 spiro atoms. The highest BCUT2D eigenvalue weighted by atomic mass is 32.2. The van der Waals surface area contributed by atoms with Gasteiger partial charge in [0.25, 0.3) is 0 Å². The summed E-state index contributed by atoms with van der Waals surface area (Å²) in [5.41, 5.74) is 6.24. The van der Waals surface area contributed by atoms with Crippen molar-refractivity contribution in [1.82, 2.24) is 0 Å². The van der Waals surface area contributed by atoms with Crippen LogP contribution in [0.3, 0.4) is 0 Å². The zero-order valence-corrected chi connectivity index (χ0v) is 10.3. The number of thioether (sulfide) groups is 1. The quantitative estimate of drug-likeness (QED) is 0.739. The van der Waals surface area contributed by atoms with Gasteiger partial charge in [-0.15, -0.1) is 0 Å². The molecular weight excluding hydrogens is 206 g/mol. The Morgan fingerprint density at radius 3 is 2.47 bits per heavy atom. The van der Waals surface area contributed by atoms with Gasteiger partial charge in [0.05, 0.1) is 0 Å². The third kappa shape index (κ3) is 3.65. The molecule has 2 aliphatic rings. The Morgan fingerprint density at radius 2 is 1.67 bits per heavy atom. The summed E-state index contributed by atoms with van der Waals surface area (Å²) in [6.45, 7) is 1.92. The minimum absolute atomic E-state index is 0.445. The van der Waals surface area contributed by atoms with E-state index in [2.05, 4.69) is 11.8 Å². The van der Waals surface area contributed by atoms with Crippen molar-refractivity contribution in [3.05, 3.63) is 0 Å². The lowest BCUT2D eigenvalue weighted by atomic mass is 10.1. The topological polar surface area (TPSA) is 35.2 Å². The third-order valence-electron chi connectivity index (χ3n) is 3.54. The van der Waals surface area contributed by atoms with Crippen LogP contribution >= 0.6 is 11.8 Å². The third-order valence-corrected chi connectivity index (χ3v) is 5.33. The molecule has 0 aromatic rings. The van der Waals surface area contributed by atoms with E-state index in [1.165, 1.54) is 44.9 Å². The van der Waals surface area contributed by atoms with Crippen molar-refractivity contribution in [3.63, 3.8) is 0 Å². The lowest BCUT2D eigenvalue weighted by molar-refractivity contribution is 0.0999. The summed E-state index contributed by atoms with van der Waals surface area (Å²) in [6, 6.07) is 0.445. The van der Waals surface area contributed by atoms with Gasteiger partial charge in [0.15, 0.2) is 0 Å². The molecule has 2 atom stereocenters. The Bertz CT molecular complexity index is 182. The van der Waals surface area contributed by atoms with Gasteiger partial charge in [-0.25, -0.2) is 0 Å². The molecule has 2 N–H and O–H groups in total. The first-order valence-electron chi connectivity index (χ1n) is 6.35. The molecule has 2 unspecified atom stereocenters. The standard InChI is InChI=1S/C12H23NOS/c13-11-4-2-1-3-5-12(11)15-10-6-8-14-9-7-10/h10-12H,1-9,13H2. The smallest absolute Gasteiger partial charge is 0.0476 e. The van der Waals surface area contributed by atoms with Crippen molar-refractivity contribution < 1.29 is 4.74 Å². The van der Waals surface area contributed by atoms with Crippen molar-refractivity contribution in [1.29, 1.82) is 0 Å². The Kier molecular flexibility index (Phi) is 4.79. The average molecular weight is 229 g/mol. The molecule has 2 nitrogen and oxygen atoms in total. The van der Waals surface area contributed by atoms with Gasteiger partial charge in [0.1, 0.15) is 0 Å². The van der Waals surface area contributed by atoms with E-state index in [-0.39, 0.29) is 0 Å². The largest absolute Gasteiger partial charge is 0.381 e. The molecule has 15 heavy (non-hydrogen) atoms. The van der Waals surface area contributed by atoms with Crippen LogP contribution in [0, 0.1) is 0 Å². The monoisotopic (exact) mass is 229 g/mol. The Hall–Kier alpha value is 0.270. The predicted octanol–water partition coefficient (Wildman–Crippen LogP) is 2.56. The summed E-state index contributed by atoms with van der Waals surface area (Å²) in [7, 11) is 0. The van der Waals surface area contributed by atoms with Gasteiger partial charge < -0.3 is 10.5 Å². The normalized spacial score (nSPS) is 35.0. The maximum absolute atomic E-state index is 6.24. The van der Waals surface area contributed by atoms with E-state index in [0.717, 1.165) is 23.7 Å².